The van der Waals surface area contributed by atoms with Crippen LogP contribution in [-0.4, -0.2) is 47.3 Å². The Morgan fingerprint density at radius 1 is 1.65 bits per heavy atom. The Hall–Kier alpha value is -1.56. The molecule has 0 fully saturated rings. The van der Waals surface area contributed by atoms with Crippen LogP contribution < -0.4 is 11.1 Å². The molecule has 1 rings (SSSR count). The van der Waals surface area contributed by atoms with Gasteiger partial charge in [-0.3, -0.25) is 9.48 Å². The number of rotatable bonds is 5. The zero-order valence-electron chi connectivity index (χ0n) is 10.9. The minimum atomic E-state index is -0.172. The van der Waals surface area contributed by atoms with Crippen LogP contribution in [-0.2, 0) is 7.05 Å². The van der Waals surface area contributed by atoms with Crippen LogP contribution >= 0.6 is 0 Å². The average Bonchev–Trinajstić information content (AvgIpc) is 2.55. The predicted molar refractivity (Wildman–Crippen MR) is 67.7 cm³/mol. The molecule has 0 aliphatic heterocycles. The summed E-state index contributed by atoms with van der Waals surface area (Å²) in [5.74, 6) is -0.172. The van der Waals surface area contributed by atoms with E-state index >= 15 is 0 Å². The van der Waals surface area contributed by atoms with Crippen molar-refractivity contribution in [1.29, 1.82) is 0 Å². The van der Waals surface area contributed by atoms with Gasteiger partial charge in [-0.1, -0.05) is 0 Å². The van der Waals surface area contributed by atoms with Crippen molar-refractivity contribution in [1.82, 2.24) is 20.0 Å². The third-order valence-electron chi connectivity index (χ3n) is 2.57. The molecule has 96 valence electrons. The van der Waals surface area contributed by atoms with E-state index in [1.807, 2.05) is 21.0 Å². The van der Waals surface area contributed by atoms with Crippen LogP contribution in [0.15, 0.2) is 6.20 Å². The van der Waals surface area contributed by atoms with E-state index in [1.165, 1.54) is 10.9 Å². The molecular weight excluding hydrogens is 218 g/mol. The summed E-state index contributed by atoms with van der Waals surface area (Å²) in [5, 5.41) is 6.85. The van der Waals surface area contributed by atoms with Crippen molar-refractivity contribution in [2.75, 3.05) is 26.4 Å². The van der Waals surface area contributed by atoms with Gasteiger partial charge in [0.1, 0.15) is 5.69 Å². The summed E-state index contributed by atoms with van der Waals surface area (Å²) in [4.78, 5) is 14.0. The van der Waals surface area contributed by atoms with Crippen molar-refractivity contribution >= 4 is 11.6 Å². The van der Waals surface area contributed by atoms with Gasteiger partial charge in [-0.2, -0.15) is 5.10 Å². The third-order valence-corrected chi connectivity index (χ3v) is 2.57. The van der Waals surface area contributed by atoms with Crippen LogP contribution in [0.4, 0.5) is 5.69 Å². The lowest BCUT2D eigenvalue weighted by Crippen LogP contribution is -2.36. The molecule has 1 amide bonds. The fraction of sp³-hybridized carbons (Fsp3) is 0.636. The first-order valence-corrected chi connectivity index (χ1v) is 5.65. The molecule has 0 aromatic carbocycles. The molecule has 0 aliphatic carbocycles. The monoisotopic (exact) mass is 239 g/mol. The van der Waals surface area contributed by atoms with Crippen LogP contribution in [0.1, 0.15) is 23.8 Å². The highest BCUT2D eigenvalue weighted by molar-refractivity contribution is 5.97. The quantitative estimate of drug-likeness (QED) is 0.762. The number of nitrogen functional groups attached to an aromatic ring is 1. The van der Waals surface area contributed by atoms with Gasteiger partial charge in [-0.05, 0) is 34.0 Å². The number of carbonyl (C=O) groups is 1. The molecule has 3 N–H and O–H groups in total. The Kier molecular flexibility index (Phi) is 4.51. The second-order valence-corrected chi connectivity index (χ2v) is 4.54. The van der Waals surface area contributed by atoms with Gasteiger partial charge in [0.2, 0.25) is 0 Å². The van der Waals surface area contributed by atoms with Gasteiger partial charge >= 0.3 is 0 Å². The second-order valence-electron chi connectivity index (χ2n) is 4.54. The van der Waals surface area contributed by atoms with Crippen molar-refractivity contribution in [3.8, 4) is 0 Å². The largest absolute Gasteiger partial charge is 0.396 e. The smallest absolute Gasteiger partial charge is 0.271 e. The summed E-state index contributed by atoms with van der Waals surface area (Å²) in [6.45, 7) is 2.91. The number of carbonyl (C=O) groups excluding carboxylic acids is 1. The number of anilines is 1. The molecule has 1 atom stereocenters. The maximum atomic E-state index is 11.9. The van der Waals surface area contributed by atoms with Gasteiger partial charge in [-0.25, -0.2) is 0 Å². The van der Waals surface area contributed by atoms with Crippen molar-refractivity contribution in [2.45, 2.75) is 19.4 Å². The van der Waals surface area contributed by atoms with Crippen LogP contribution in [0.2, 0.25) is 0 Å². The zero-order valence-corrected chi connectivity index (χ0v) is 10.9. The maximum Gasteiger partial charge on any atom is 0.271 e. The lowest BCUT2D eigenvalue weighted by molar-refractivity contribution is 0.0928. The lowest BCUT2D eigenvalue weighted by Gasteiger charge is -2.16. The molecule has 0 saturated carbocycles. The summed E-state index contributed by atoms with van der Waals surface area (Å²) in [6, 6.07) is 0.110. The first kappa shape index (κ1) is 13.5. The van der Waals surface area contributed by atoms with E-state index < -0.39 is 0 Å². The number of amides is 1. The van der Waals surface area contributed by atoms with E-state index in [0.29, 0.717) is 11.4 Å². The molecule has 17 heavy (non-hydrogen) atoms. The Balaban J connectivity index is 2.55. The summed E-state index contributed by atoms with van der Waals surface area (Å²) in [5.41, 5.74) is 6.51. The SMILES string of the molecule is CC(CCN(C)C)NC(=O)c1c(N)cnn1C. The van der Waals surface area contributed by atoms with Gasteiger partial charge in [0.15, 0.2) is 0 Å². The number of nitrogens with zero attached hydrogens (tertiary/aromatic N) is 3. The molecule has 0 aliphatic rings. The topological polar surface area (TPSA) is 76.2 Å². The van der Waals surface area contributed by atoms with E-state index in [1.54, 1.807) is 7.05 Å². The molecule has 1 aromatic rings. The number of hydrogen-bond donors (Lipinski definition) is 2. The van der Waals surface area contributed by atoms with Gasteiger partial charge in [0.05, 0.1) is 11.9 Å². The summed E-state index contributed by atoms with van der Waals surface area (Å²) in [6.07, 6.45) is 2.38. The van der Waals surface area contributed by atoms with E-state index in [4.69, 9.17) is 5.73 Å². The van der Waals surface area contributed by atoms with Crippen molar-refractivity contribution < 1.29 is 4.79 Å². The Labute approximate surface area is 102 Å². The van der Waals surface area contributed by atoms with E-state index in [9.17, 15) is 4.79 Å². The minimum absolute atomic E-state index is 0.110. The molecule has 6 heteroatoms. The minimum Gasteiger partial charge on any atom is -0.396 e. The predicted octanol–water partition coefficient (Wildman–Crippen LogP) is 0.0723. The van der Waals surface area contributed by atoms with Gasteiger partial charge < -0.3 is 16.0 Å². The average molecular weight is 239 g/mol. The van der Waals surface area contributed by atoms with Crippen molar-refractivity contribution in [3.63, 3.8) is 0 Å². The molecule has 0 spiro atoms. The highest BCUT2D eigenvalue weighted by Crippen LogP contribution is 2.09. The normalized spacial score (nSPS) is 12.8. The first-order valence-electron chi connectivity index (χ1n) is 5.65. The number of hydrogen-bond acceptors (Lipinski definition) is 4. The second kappa shape index (κ2) is 5.67. The van der Waals surface area contributed by atoms with Gasteiger partial charge in [-0.15, -0.1) is 0 Å². The Morgan fingerprint density at radius 2 is 2.29 bits per heavy atom. The molecule has 0 bridgehead atoms. The summed E-state index contributed by atoms with van der Waals surface area (Å²) < 4.78 is 1.49. The highest BCUT2D eigenvalue weighted by atomic mass is 16.2. The highest BCUT2D eigenvalue weighted by Gasteiger charge is 2.16. The Bertz CT molecular complexity index is 366. The fourth-order valence-corrected chi connectivity index (χ4v) is 1.55. The van der Waals surface area contributed by atoms with E-state index in [0.717, 1.165) is 13.0 Å². The summed E-state index contributed by atoms with van der Waals surface area (Å²) >= 11 is 0. The van der Waals surface area contributed by atoms with Crippen LogP contribution in [0.3, 0.4) is 0 Å². The number of aryl methyl sites for hydroxylation is 1. The molecule has 0 radical (unpaired) electrons. The Morgan fingerprint density at radius 3 is 2.76 bits per heavy atom. The van der Waals surface area contributed by atoms with Crippen LogP contribution in [0.5, 0.6) is 0 Å². The first-order chi connectivity index (χ1) is 7.91. The molecule has 6 nitrogen and oxygen atoms in total. The molecule has 0 saturated heterocycles. The van der Waals surface area contributed by atoms with Crippen molar-refractivity contribution in [3.05, 3.63) is 11.9 Å². The van der Waals surface area contributed by atoms with Crippen LogP contribution in [0.25, 0.3) is 0 Å². The summed E-state index contributed by atoms with van der Waals surface area (Å²) in [7, 11) is 5.72. The van der Waals surface area contributed by atoms with Gasteiger partial charge in [0.25, 0.3) is 5.91 Å². The molecule has 1 unspecified atom stereocenters. The molecule has 1 aromatic heterocycles. The lowest BCUT2D eigenvalue weighted by atomic mass is 10.2. The number of aromatic nitrogens is 2. The van der Waals surface area contributed by atoms with Gasteiger partial charge in [0, 0.05) is 13.1 Å². The maximum absolute atomic E-state index is 11.9. The number of nitrogens with two attached hydrogens (primary N) is 1. The standard InChI is InChI=1S/C11H21N5O/c1-8(5-6-15(2)3)14-11(17)10-9(12)7-13-16(10)4/h7-8H,5-6,12H2,1-4H3,(H,14,17). The number of nitrogens with one attached hydrogen (secondary N) is 1. The zero-order chi connectivity index (χ0) is 13.0. The van der Waals surface area contributed by atoms with E-state index in [-0.39, 0.29) is 11.9 Å². The molecule has 1 heterocycles. The third kappa shape index (κ3) is 3.74. The van der Waals surface area contributed by atoms with Crippen molar-refractivity contribution in [2.24, 2.45) is 7.05 Å². The fourth-order valence-electron chi connectivity index (χ4n) is 1.55. The van der Waals surface area contributed by atoms with Crippen LogP contribution in [0, 0.1) is 0 Å². The van der Waals surface area contributed by atoms with E-state index in [2.05, 4.69) is 15.3 Å². The molecular formula is C11H21N5O.